The van der Waals surface area contributed by atoms with Gasteiger partial charge < -0.3 is 5.32 Å². The molecule has 2 bridgehead atoms. The highest BCUT2D eigenvalue weighted by Gasteiger charge is 2.32. The van der Waals surface area contributed by atoms with Gasteiger partial charge in [-0.3, -0.25) is 24.7 Å². The number of halogens is 1. The Hall–Kier alpha value is -1.70. The van der Waals surface area contributed by atoms with Gasteiger partial charge in [0.1, 0.15) is 0 Å². The maximum atomic E-state index is 12.2. The first-order valence-electron chi connectivity index (χ1n) is 7.23. The summed E-state index contributed by atoms with van der Waals surface area (Å²) in [6.07, 6.45) is 0. The second-order valence-electron chi connectivity index (χ2n) is 5.62. The average Bonchev–Trinajstić information content (AvgIpc) is 2.54. The van der Waals surface area contributed by atoms with E-state index in [0.717, 1.165) is 32.7 Å². The summed E-state index contributed by atoms with van der Waals surface area (Å²) in [6, 6.07) is 4.18. The van der Waals surface area contributed by atoms with Crippen molar-refractivity contribution in [2.24, 2.45) is 0 Å². The van der Waals surface area contributed by atoms with Crippen LogP contribution in [0.4, 0.5) is 5.69 Å². The topological polar surface area (TPSA) is 78.7 Å². The molecule has 1 aromatic carbocycles. The minimum absolute atomic E-state index is 0.138. The lowest BCUT2D eigenvalue weighted by Crippen LogP contribution is -2.63. The molecule has 0 spiro atoms. The number of amides is 1. The maximum absolute atomic E-state index is 12.2. The second-order valence-corrected chi connectivity index (χ2v) is 6.03. The molecule has 3 aliphatic heterocycles. The van der Waals surface area contributed by atoms with Gasteiger partial charge in [-0.2, -0.15) is 0 Å². The average molecular weight is 325 g/mol. The van der Waals surface area contributed by atoms with Crippen molar-refractivity contribution >= 4 is 23.2 Å². The molecule has 1 aromatic rings. The van der Waals surface area contributed by atoms with Crippen LogP contribution in [0.1, 0.15) is 10.4 Å². The molecule has 118 valence electrons. The Morgan fingerprint density at radius 1 is 1.36 bits per heavy atom. The third kappa shape index (κ3) is 3.06. The minimum atomic E-state index is -0.536. The molecule has 8 heteroatoms. The smallest absolute Gasteiger partial charge is 0.270 e. The number of carbonyl (C=O) groups excluding carboxylic acids is 1. The van der Waals surface area contributed by atoms with E-state index in [4.69, 9.17) is 11.6 Å². The van der Waals surface area contributed by atoms with E-state index in [1.54, 1.807) is 0 Å². The minimum Gasteiger partial charge on any atom is -0.350 e. The number of hydrogen-bond donors (Lipinski definition) is 1. The van der Waals surface area contributed by atoms with Crippen molar-refractivity contribution in [3.63, 3.8) is 0 Å². The Morgan fingerprint density at radius 3 is 2.68 bits per heavy atom. The van der Waals surface area contributed by atoms with Gasteiger partial charge in [-0.1, -0.05) is 11.6 Å². The first-order valence-corrected chi connectivity index (χ1v) is 7.61. The van der Waals surface area contributed by atoms with Gasteiger partial charge >= 0.3 is 0 Å². The highest BCUT2D eigenvalue weighted by atomic mass is 35.5. The van der Waals surface area contributed by atoms with Crippen molar-refractivity contribution in [1.82, 2.24) is 15.1 Å². The number of nitro groups is 1. The quantitative estimate of drug-likeness (QED) is 0.659. The van der Waals surface area contributed by atoms with Gasteiger partial charge in [-0.05, 0) is 6.07 Å². The molecular formula is C14H17ClN4O3. The molecule has 7 nitrogen and oxygen atoms in total. The van der Waals surface area contributed by atoms with Gasteiger partial charge in [-0.25, -0.2) is 0 Å². The molecule has 3 saturated heterocycles. The number of non-ortho nitro benzene ring substituents is 1. The number of nitro benzene ring substituents is 1. The summed E-state index contributed by atoms with van der Waals surface area (Å²) < 4.78 is 0. The molecule has 0 radical (unpaired) electrons. The fourth-order valence-electron chi connectivity index (χ4n) is 3.02. The molecule has 0 aliphatic carbocycles. The van der Waals surface area contributed by atoms with Gasteiger partial charge in [-0.15, -0.1) is 0 Å². The van der Waals surface area contributed by atoms with Gasteiger partial charge in [0.15, 0.2) is 0 Å². The van der Waals surface area contributed by atoms with Crippen molar-refractivity contribution < 1.29 is 9.72 Å². The van der Waals surface area contributed by atoms with Gasteiger partial charge in [0.05, 0.1) is 15.5 Å². The van der Waals surface area contributed by atoms with Crippen LogP contribution in [0, 0.1) is 10.1 Å². The van der Waals surface area contributed by atoms with Crippen LogP contribution in [0.15, 0.2) is 18.2 Å². The molecule has 3 aliphatic rings. The van der Waals surface area contributed by atoms with E-state index in [1.807, 2.05) is 0 Å². The first-order chi connectivity index (χ1) is 10.5. The lowest BCUT2D eigenvalue weighted by atomic mass is 10.1. The summed E-state index contributed by atoms with van der Waals surface area (Å²) >= 11 is 5.98. The number of fused-ring (bicyclic) bond motifs is 3. The largest absolute Gasteiger partial charge is 0.350 e. The Morgan fingerprint density at radius 2 is 2.09 bits per heavy atom. The van der Waals surface area contributed by atoms with Crippen molar-refractivity contribution in [2.75, 3.05) is 39.3 Å². The SMILES string of the molecule is O=C(NCC1CN2CCN1CC2)c1cc([N+](=O)[O-])ccc1Cl. The third-order valence-corrected chi connectivity index (χ3v) is 4.63. The molecule has 0 saturated carbocycles. The van der Waals surface area contributed by atoms with E-state index in [-0.39, 0.29) is 22.2 Å². The van der Waals surface area contributed by atoms with Crippen molar-refractivity contribution in [3.8, 4) is 0 Å². The monoisotopic (exact) mass is 324 g/mol. The van der Waals surface area contributed by atoms with Gasteiger partial charge in [0.2, 0.25) is 0 Å². The van der Waals surface area contributed by atoms with Crippen LogP contribution in [0.25, 0.3) is 0 Å². The molecule has 0 aromatic heterocycles. The van der Waals surface area contributed by atoms with Crippen LogP contribution in [0.5, 0.6) is 0 Å². The number of nitrogens with zero attached hydrogens (tertiary/aromatic N) is 3. The third-order valence-electron chi connectivity index (χ3n) is 4.30. The van der Waals surface area contributed by atoms with E-state index in [1.165, 1.54) is 18.2 Å². The normalized spacial score (nSPS) is 26.7. The highest BCUT2D eigenvalue weighted by molar-refractivity contribution is 6.33. The van der Waals surface area contributed by atoms with Crippen LogP contribution in [-0.4, -0.2) is 65.9 Å². The van der Waals surface area contributed by atoms with Crippen LogP contribution in [0.2, 0.25) is 5.02 Å². The molecule has 1 amide bonds. The second kappa shape index (κ2) is 6.20. The zero-order valence-electron chi connectivity index (χ0n) is 12.0. The van der Waals surface area contributed by atoms with E-state index in [9.17, 15) is 14.9 Å². The van der Waals surface area contributed by atoms with Gasteiger partial charge in [0.25, 0.3) is 11.6 Å². The zero-order chi connectivity index (χ0) is 15.7. The molecule has 1 N–H and O–H groups in total. The Kier molecular flexibility index (Phi) is 4.28. The predicted octanol–water partition coefficient (Wildman–Crippen LogP) is 0.978. The number of hydrogen-bond acceptors (Lipinski definition) is 5. The summed E-state index contributed by atoms with van der Waals surface area (Å²) in [5.41, 5.74) is 0.00766. The Balaban J connectivity index is 1.65. The zero-order valence-corrected chi connectivity index (χ0v) is 12.8. The van der Waals surface area contributed by atoms with E-state index in [0.29, 0.717) is 12.6 Å². The van der Waals surface area contributed by atoms with Crippen molar-refractivity contribution in [1.29, 1.82) is 0 Å². The van der Waals surface area contributed by atoms with E-state index in [2.05, 4.69) is 15.1 Å². The number of rotatable bonds is 4. The lowest BCUT2D eigenvalue weighted by Gasteiger charge is -2.47. The van der Waals surface area contributed by atoms with Crippen molar-refractivity contribution in [2.45, 2.75) is 6.04 Å². The van der Waals surface area contributed by atoms with E-state index >= 15 is 0 Å². The Labute approximate surface area is 133 Å². The lowest BCUT2D eigenvalue weighted by molar-refractivity contribution is -0.384. The molecule has 3 heterocycles. The summed E-state index contributed by atoms with van der Waals surface area (Å²) in [5, 5.41) is 13.9. The predicted molar refractivity (Wildman–Crippen MR) is 82.2 cm³/mol. The summed E-state index contributed by atoms with van der Waals surface area (Å²) in [7, 11) is 0. The number of carbonyl (C=O) groups is 1. The summed E-state index contributed by atoms with van der Waals surface area (Å²) in [6.45, 7) is 5.69. The number of nitrogens with one attached hydrogen (secondary N) is 1. The number of piperazine rings is 3. The van der Waals surface area contributed by atoms with E-state index < -0.39 is 4.92 Å². The highest BCUT2D eigenvalue weighted by Crippen LogP contribution is 2.22. The molecular weight excluding hydrogens is 308 g/mol. The van der Waals surface area contributed by atoms with Crippen LogP contribution in [0.3, 0.4) is 0 Å². The molecule has 1 atom stereocenters. The molecule has 1 unspecified atom stereocenters. The fraction of sp³-hybridized carbons (Fsp3) is 0.500. The fourth-order valence-corrected chi connectivity index (χ4v) is 3.23. The maximum Gasteiger partial charge on any atom is 0.270 e. The van der Waals surface area contributed by atoms with Crippen LogP contribution >= 0.6 is 11.6 Å². The van der Waals surface area contributed by atoms with Crippen LogP contribution in [-0.2, 0) is 0 Å². The summed E-state index contributed by atoms with van der Waals surface area (Å²) in [4.78, 5) is 27.3. The van der Waals surface area contributed by atoms with Crippen LogP contribution < -0.4 is 5.32 Å². The first kappa shape index (κ1) is 15.2. The molecule has 4 rings (SSSR count). The van der Waals surface area contributed by atoms with Crippen molar-refractivity contribution in [3.05, 3.63) is 38.9 Å². The molecule has 22 heavy (non-hydrogen) atoms. The molecule has 3 fully saturated rings. The summed E-state index contributed by atoms with van der Waals surface area (Å²) in [5.74, 6) is -0.369. The standard InChI is InChI=1S/C14H17ClN4O3/c15-13-2-1-10(19(21)22)7-12(13)14(20)16-8-11-9-17-3-5-18(11)6-4-17/h1-2,7,11H,3-6,8-9H2,(H,16,20). The number of benzene rings is 1. The van der Waals surface area contributed by atoms with Gasteiger partial charge in [0, 0.05) is 57.4 Å². The Bertz CT molecular complexity index is 602.